The number of ether oxygens (including phenoxy) is 1. The molecule has 0 radical (unpaired) electrons. The van der Waals surface area contributed by atoms with Crippen LogP contribution in [0.4, 0.5) is 5.69 Å². The summed E-state index contributed by atoms with van der Waals surface area (Å²) in [5.74, 6) is -4.42. The van der Waals surface area contributed by atoms with Crippen molar-refractivity contribution < 1.29 is 29.0 Å². The summed E-state index contributed by atoms with van der Waals surface area (Å²) >= 11 is 6.31. The highest BCUT2D eigenvalue weighted by Crippen LogP contribution is 2.64. The fraction of sp³-hybridized carbons (Fsp3) is 0.273. The van der Waals surface area contributed by atoms with E-state index < -0.39 is 40.9 Å². The van der Waals surface area contributed by atoms with E-state index in [1.165, 1.54) is 18.1 Å². The molecule has 9 heteroatoms. The van der Waals surface area contributed by atoms with E-state index in [4.69, 9.17) is 16.3 Å². The molecule has 2 aliphatic carbocycles. The number of anilines is 1. The van der Waals surface area contributed by atoms with E-state index in [0.717, 1.165) is 5.57 Å². The summed E-state index contributed by atoms with van der Waals surface area (Å²) in [5, 5.41) is 13.3. The molecule has 0 spiro atoms. The average Bonchev–Trinajstić information content (AvgIpc) is 3.41. The molecule has 4 aliphatic rings. The van der Waals surface area contributed by atoms with Crippen LogP contribution in [-0.4, -0.2) is 35.8 Å². The molecular formula is C33H27ClN2O6. The zero-order valence-electron chi connectivity index (χ0n) is 22.6. The summed E-state index contributed by atoms with van der Waals surface area (Å²) in [5.41, 5.74) is 1.16. The van der Waals surface area contributed by atoms with Gasteiger partial charge in [-0.1, -0.05) is 65.7 Å². The number of carbonyl (C=O) groups excluding carboxylic acids is 4. The van der Waals surface area contributed by atoms with Gasteiger partial charge in [-0.3, -0.25) is 24.5 Å². The molecule has 8 nitrogen and oxygen atoms in total. The van der Waals surface area contributed by atoms with Crippen LogP contribution in [0.2, 0.25) is 5.02 Å². The van der Waals surface area contributed by atoms with Crippen LogP contribution in [0.5, 0.6) is 11.5 Å². The van der Waals surface area contributed by atoms with Crippen LogP contribution in [0.1, 0.15) is 29.9 Å². The summed E-state index contributed by atoms with van der Waals surface area (Å²) in [6, 6.07) is 20.9. The minimum Gasteiger partial charge on any atom is -0.504 e. The lowest BCUT2D eigenvalue weighted by Gasteiger charge is -2.50. The van der Waals surface area contributed by atoms with Crippen LogP contribution < -0.4 is 15.0 Å². The minimum absolute atomic E-state index is 0.0632. The molecule has 42 heavy (non-hydrogen) atoms. The first-order chi connectivity index (χ1) is 20.3. The number of rotatable bonds is 4. The predicted molar refractivity (Wildman–Crippen MR) is 154 cm³/mol. The lowest BCUT2D eigenvalue weighted by molar-refractivity contribution is -0.128. The van der Waals surface area contributed by atoms with Gasteiger partial charge in [0.1, 0.15) is 0 Å². The molecule has 3 aromatic carbocycles. The number of allylic oxidation sites excluding steroid dienone is 2. The van der Waals surface area contributed by atoms with E-state index in [0.29, 0.717) is 28.3 Å². The van der Waals surface area contributed by atoms with Crippen LogP contribution in [0.15, 0.2) is 84.4 Å². The molecular weight excluding hydrogens is 556 g/mol. The quantitative estimate of drug-likeness (QED) is 0.346. The normalized spacial score (nSPS) is 29.9. The number of carbonyl (C=O) groups is 4. The number of benzene rings is 3. The minimum atomic E-state index is -1.38. The Morgan fingerprint density at radius 2 is 1.74 bits per heavy atom. The van der Waals surface area contributed by atoms with Crippen molar-refractivity contribution in [1.29, 1.82) is 0 Å². The molecule has 4 amide bonds. The zero-order chi connectivity index (χ0) is 29.3. The van der Waals surface area contributed by atoms with Crippen molar-refractivity contribution in [2.24, 2.45) is 23.7 Å². The van der Waals surface area contributed by atoms with Gasteiger partial charge in [0.25, 0.3) is 0 Å². The summed E-state index contributed by atoms with van der Waals surface area (Å²) in [4.78, 5) is 56.7. The van der Waals surface area contributed by atoms with E-state index in [9.17, 15) is 19.5 Å². The Morgan fingerprint density at radius 1 is 0.952 bits per heavy atom. The van der Waals surface area contributed by atoms with E-state index in [1.807, 2.05) is 36.4 Å². The number of imide groups is 2. The number of hydrogen-bond donors (Lipinski definition) is 2. The number of methoxy groups -OCH3 is 1. The number of phenols is 1. The highest BCUT2D eigenvalue weighted by Gasteiger charge is 2.69. The number of fused-ring (bicyclic) bond motifs is 4. The van der Waals surface area contributed by atoms with Gasteiger partial charge < -0.3 is 9.84 Å². The SMILES string of the molecule is COc1cc([C@H]2C3=CC[C@@H]4C(=O)NC(=O)[C@@H]4[C@@H]3C[C@H]3C(=O)N(c4cccc(Cl)c4)C(=O)[C@@]23c2ccccc2)ccc1O. The Morgan fingerprint density at radius 3 is 2.48 bits per heavy atom. The van der Waals surface area contributed by atoms with Crippen molar-refractivity contribution in [1.82, 2.24) is 5.32 Å². The van der Waals surface area contributed by atoms with Gasteiger partial charge in [0.05, 0.1) is 36.0 Å². The molecule has 212 valence electrons. The van der Waals surface area contributed by atoms with Crippen LogP contribution in [0.3, 0.4) is 0 Å². The van der Waals surface area contributed by atoms with E-state index in [-0.39, 0.29) is 35.6 Å². The van der Waals surface area contributed by atoms with Gasteiger partial charge in [0.15, 0.2) is 11.5 Å². The number of nitrogens with zero attached hydrogens (tertiary/aromatic N) is 1. The Balaban J connectivity index is 1.53. The van der Waals surface area contributed by atoms with Crippen LogP contribution in [-0.2, 0) is 24.6 Å². The maximum absolute atomic E-state index is 15.0. The van der Waals surface area contributed by atoms with Crippen LogP contribution >= 0.6 is 11.6 Å². The van der Waals surface area contributed by atoms with Crippen molar-refractivity contribution in [3.8, 4) is 11.5 Å². The van der Waals surface area contributed by atoms with Gasteiger partial charge in [-0.15, -0.1) is 0 Å². The monoisotopic (exact) mass is 582 g/mol. The largest absolute Gasteiger partial charge is 0.504 e. The summed E-state index contributed by atoms with van der Waals surface area (Å²) < 4.78 is 5.46. The molecule has 3 fully saturated rings. The lowest BCUT2D eigenvalue weighted by Crippen LogP contribution is -2.53. The van der Waals surface area contributed by atoms with Crippen molar-refractivity contribution in [2.75, 3.05) is 12.0 Å². The van der Waals surface area contributed by atoms with Gasteiger partial charge in [-0.05, 0) is 60.2 Å². The number of nitrogens with one attached hydrogen (secondary N) is 1. The molecule has 2 N–H and O–H groups in total. The Labute approximate surface area is 246 Å². The smallest absolute Gasteiger partial charge is 0.246 e. The third kappa shape index (κ3) is 3.54. The topological polar surface area (TPSA) is 113 Å². The second-order valence-electron chi connectivity index (χ2n) is 11.4. The highest BCUT2D eigenvalue weighted by atomic mass is 35.5. The fourth-order valence-electron chi connectivity index (χ4n) is 7.90. The van der Waals surface area contributed by atoms with Gasteiger partial charge in [0, 0.05) is 10.9 Å². The first-order valence-corrected chi connectivity index (χ1v) is 14.3. The Kier molecular flexibility index (Phi) is 6.02. The summed E-state index contributed by atoms with van der Waals surface area (Å²) in [7, 11) is 1.45. The Hall–Kier alpha value is -4.43. The number of halogens is 1. The average molecular weight is 583 g/mol. The van der Waals surface area contributed by atoms with E-state index >= 15 is 4.79 Å². The van der Waals surface area contributed by atoms with E-state index in [2.05, 4.69) is 5.32 Å². The third-order valence-electron chi connectivity index (χ3n) is 9.55. The Bertz CT molecular complexity index is 1700. The first kappa shape index (κ1) is 26.5. The van der Waals surface area contributed by atoms with Gasteiger partial charge >= 0.3 is 0 Å². The molecule has 0 bridgehead atoms. The number of aromatic hydroxyl groups is 1. The molecule has 6 atom stereocenters. The third-order valence-corrected chi connectivity index (χ3v) is 9.78. The maximum atomic E-state index is 15.0. The predicted octanol–water partition coefficient (Wildman–Crippen LogP) is 4.50. The summed E-state index contributed by atoms with van der Waals surface area (Å²) in [6.07, 6.45) is 2.54. The van der Waals surface area contributed by atoms with Gasteiger partial charge in [-0.2, -0.15) is 0 Å². The van der Waals surface area contributed by atoms with E-state index in [1.54, 1.807) is 36.4 Å². The second kappa shape index (κ2) is 9.56. The second-order valence-corrected chi connectivity index (χ2v) is 11.8. The van der Waals surface area contributed by atoms with Crippen molar-refractivity contribution in [3.63, 3.8) is 0 Å². The van der Waals surface area contributed by atoms with Crippen molar-refractivity contribution in [3.05, 3.63) is 101 Å². The molecule has 7 rings (SSSR count). The zero-order valence-corrected chi connectivity index (χ0v) is 23.4. The van der Waals surface area contributed by atoms with Crippen molar-refractivity contribution >= 4 is 40.9 Å². The molecule has 2 saturated heterocycles. The lowest BCUT2D eigenvalue weighted by atomic mass is 9.49. The van der Waals surface area contributed by atoms with Gasteiger partial charge in [-0.25, -0.2) is 4.90 Å². The first-order valence-electron chi connectivity index (χ1n) is 13.9. The molecule has 2 heterocycles. The van der Waals surface area contributed by atoms with Crippen LogP contribution in [0.25, 0.3) is 0 Å². The highest BCUT2D eigenvalue weighted by molar-refractivity contribution is 6.32. The fourth-order valence-corrected chi connectivity index (χ4v) is 8.09. The number of hydrogen-bond acceptors (Lipinski definition) is 6. The van der Waals surface area contributed by atoms with Crippen molar-refractivity contribution in [2.45, 2.75) is 24.2 Å². The van der Waals surface area contributed by atoms with Gasteiger partial charge in [0.2, 0.25) is 23.6 Å². The number of phenolic OH excluding ortho intramolecular Hbond substituents is 1. The van der Waals surface area contributed by atoms with Crippen LogP contribution in [0, 0.1) is 23.7 Å². The molecule has 0 unspecified atom stereocenters. The molecule has 2 aliphatic heterocycles. The molecule has 0 aromatic heterocycles. The molecule has 1 saturated carbocycles. The standard InChI is InChI=1S/C33H27ClN2O6/c1-42-26-14-17(10-13-25(26)37)28-21-11-12-22-27(30(39)35-29(22)38)23(21)16-24-31(40)36(20-9-5-8-19(34)15-20)32(41)33(24,28)18-6-3-2-4-7-18/h2-11,13-15,22-24,27-28,37H,12,16H2,1H3,(H,35,38,39)/t22-,23+,24-,27-,28-,33+/m0/s1. The maximum Gasteiger partial charge on any atom is 0.246 e. The molecule has 3 aromatic rings. The number of amides is 4. The summed E-state index contributed by atoms with van der Waals surface area (Å²) in [6.45, 7) is 0.